The van der Waals surface area contributed by atoms with Crippen LogP contribution in [0.2, 0.25) is 0 Å². The van der Waals surface area contributed by atoms with Crippen LogP contribution in [0.5, 0.6) is 0 Å². The van der Waals surface area contributed by atoms with Crippen LogP contribution >= 0.6 is 0 Å². The molecule has 2 N–H and O–H groups in total. The van der Waals surface area contributed by atoms with Gasteiger partial charge in [0.25, 0.3) is 0 Å². The first kappa shape index (κ1) is 17.2. The molecular weight excluding hydrogens is 310 g/mol. The van der Waals surface area contributed by atoms with Crippen LogP contribution in [0.4, 0.5) is 5.82 Å². The molecule has 0 amide bonds. The molecule has 2 aromatic heterocycles. The summed E-state index contributed by atoms with van der Waals surface area (Å²) in [5.74, 6) is 1.03. The molecule has 0 saturated carbocycles. The number of aromatic amines is 1. The predicted molar refractivity (Wildman–Crippen MR) is 102 cm³/mol. The number of pyridine rings is 1. The van der Waals surface area contributed by atoms with E-state index in [2.05, 4.69) is 51.7 Å². The third-order valence-electron chi connectivity index (χ3n) is 4.81. The Bertz CT molecular complexity index is 915. The van der Waals surface area contributed by atoms with Crippen molar-refractivity contribution in [2.75, 3.05) is 31.5 Å². The number of fused-ring (bicyclic) bond motifs is 3. The van der Waals surface area contributed by atoms with Gasteiger partial charge in [-0.3, -0.25) is 4.98 Å². The standard InChI is InChI=1S/C20H25N5/c1-4-24(5-2)12-8-11-22-19-13-15(3)16(14-21)20-23-17-9-6-7-10-18(17)25(19)20/h6-7,9-10,13H,4-5,8,11-12H2,1-3H3,(H,22,23)/p+1. The predicted octanol–water partition coefficient (Wildman–Crippen LogP) is 3.23. The van der Waals surface area contributed by atoms with Gasteiger partial charge >= 0.3 is 0 Å². The van der Waals surface area contributed by atoms with Crippen LogP contribution in [0.1, 0.15) is 31.4 Å². The van der Waals surface area contributed by atoms with Crippen LogP contribution in [0.15, 0.2) is 30.3 Å². The highest BCUT2D eigenvalue weighted by Gasteiger charge is 2.19. The van der Waals surface area contributed by atoms with Crippen molar-refractivity contribution in [2.24, 2.45) is 0 Å². The van der Waals surface area contributed by atoms with Gasteiger partial charge in [-0.05, 0) is 44.1 Å². The summed E-state index contributed by atoms with van der Waals surface area (Å²) in [4.78, 5) is 5.83. The Kier molecular flexibility index (Phi) is 5.20. The fraction of sp³-hybridized carbons (Fsp3) is 0.400. The van der Waals surface area contributed by atoms with Crippen molar-refractivity contribution < 1.29 is 4.40 Å². The summed E-state index contributed by atoms with van der Waals surface area (Å²) in [5, 5.41) is 13.1. The Labute approximate surface area is 148 Å². The summed E-state index contributed by atoms with van der Waals surface area (Å²) in [6, 6.07) is 12.6. The molecule has 0 aliphatic carbocycles. The fourth-order valence-corrected chi connectivity index (χ4v) is 3.36. The van der Waals surface area contributed by atoms with E-state index in [9.17, 15) is 5.26 Å². The summed E-state index contributed by atoms with van der Waals surface area (Å²) < 4.78 is 2.12. The Morgan fingerprint density at radius 1 is 1.24 bits per heavy atom. The summed E-state index contributed by atoms with van der Waals surface area (Å²) in [6.07, 6.45) is 1.09. The van der Waals surface area contributed by atoms with E-state index >= 15 is 0 Å². The first-order valence-corrected chi connectivity index (χ1v) is 9.02. The number of para-hydroxylation sites is 2. The molecule has 0 radical (unpaired) electrons. The Hall–Kier alpha value is -2.58. The number of hydrogen-bond donors (Lipinski definition) is 2. The van der Waals surface area contributed by atoms with Gasteiger partial charge in [-0.2, -0.15) is 9.66 Å². The monoisotopic (exact) mass is 336 g/mol. The topological polar surface area (TPSA) is 59.0 Å². The van der Waals surface area contributed by atoms with Crippen LogP contribution in [0.25, 0.3) is 16.7 Å². The van der Waals surface area contributed by atoms with E-state index in [1.54, 1.807) is 0 Å². The third kappa shape index (κ3) is 3.31. The number of benzene rings is 1. The second-order valence-corrected chi connectivity index (χ2v) is 6.33. The molecule has 130 valence electrons. The van der Waals surface area contributed by atoms with E-state index in [1.165, 1.54) is 0 Å². The lowest BCUT2D eigenvalue weighted by atomic mass is 10.1. The SMILES string of the molecule is CCN(CC)CCCNc1cc(C)c(C#N)c2[nH]c3ccccc3[n+]12. The number of anilines is 1. The van der Waals surface area contributed by atoms with Crippen molar-refractivity contribution in [3.8, 4) is 6.07 Å². The molecular formula is C20H26N5+. The van der Waals surface area contributed by atoms with Crippen LogP contribution < -0.4 is 9.72 Å². The normalized spacial score (nSPS) is 11.3. The molecule has 5 heteroatoms. The molecule has 3 aromatic rings. The van der Waals surface area contributed by atoms with E-state index in [4.69, 9.17) is 0 Å². The quantitative estimate of drug-likeness (QED) is 0.514. The number of aromatic nitrogens is 2. The minimum atomic E-state index is 0.699. The largest absolute Gasteiger partial charge is 0.305 e. The maximum atomic E-state index is 9.55. The Balaban J connectivity index is 1.94. The summed E-state index contributed by atoms with van der Waals surface area (Å²) >= 11 is 0. The third-order valence-corrected chi connectivity index (χ3v) is 4.81. The first-order chi connectivity index (χ1) is 12.2. The zero-order valence-electron chi connectivity index (χ0n) is 15.3. The number of imidazole rings is 1. The van der Waals surface area contributed by atoms with Crippen molar-refractivity contribution in [3.63, 3.8) is 0 Å². The molecule has 0 bridgehead atoms. The smallest absolute Gasteiger partial charge is 0.250 e. The molecule has 0 unspecified atom stereocenters. The van der Waals surface area contributed by atoms with Gasteiger partial charge in [0.05, 0.1) is 6.54 Å². The molecule has 2 heterocycles. The van der Waals surface area contributed by atoms with Crippen molar-refractivity contribution in [1.29, 1.82) is 5.26 Å². The van der Waals surface area contributed by atoms with Crippen LogP contribution in [-0.4, -0.2) is 36.1 Å². The van der Waals surface area contributed by atoms with E-state index in [0.717, 1.165) is 60.7 Å². The van der Waals surface area contributed by atoms with Gasteiger partial charge in [0, 0.05) is 12.6 Å². The molecule has 0 fully saturated rings. The summed E-state index contributed by atoms with van der Waals surface area (Å²) in [6.45, 7) is 10.6. The number of rotatable bonds is 7. The van der Waals surface area contributed by atoms with E-state index in [-0.39, 0.29) is 0 Å². The Morgan fingerprint density at radius 3 is 2.72 bits per heavy atom. The van der Waals surface area contributed by atoms with Crippen LogP contribution in [0.3, 0.4) is 0 Å². The van der Waals surface area contributed by atoms with Gasteiger partial charge in [0.15, 0.2) is 0 Å². The maximum absolute atomic E-state index is 9.55. The highest BCUT2D eigenvalue weighted by molar-refractivity contribution is 5.77. The molecule has 25 heavy (non-hydrogen) atoms. The minimum Gasteiger partial charge on any atom is -0.305 e. The Morgan fingerprint density at radius 2 is 2.00 bits per heavy atom. The lowest BCUT2D eigenvalue weighted by Crippen LogP contribution is -2.29. The molecule has 0 aliphatic heterocycles. The lowest BCUT2D eigenvalue weighted by Gasteiger charge is -2.17. The summed E-state index contributed by atoms with van der Waals surface area (Å²) in [5.41, 5.74) is 4.66. The zero-order chi connectivity index (χ0) is 17.8. The molecule has 1 aromatic carbocycles. The highest BCUT2D eigenvalue weighted by Crippen LogP contribution is 2.20. The van der Waals surface area contributed by atoms with Gasteiger partial charge in [0.2, 0.25) is 11.5 Å². The van der Waals surface area contributed by atoms with E-state index in [0.29, 0.717) is 5.56 Å². The van der Waals surface area contributed by atoms with Gasteiger partial charge in [-0.15, -0.1) is 0 Å². The summed E-state index contributed by atoms with van der Waals surface area (Å²) in [7, 11) is 0. The van der Waals surface area contributed by atoms with E-state index in [1.807, 2.05) is 25.1 Å². The number of nitriles is 1. The molecule has 3 rings (SSSR count). The molecule has 0 spiro atoms. The average Bonchev–Trinajstić information content (AvgIpc) is 3.01. The molecule has 0 aliphatic rings. The van der Waals surface area contributed by atoms with E-state index < -0.39 is 0 Å². The average molecular weight is 336 g/mol. The lowest BCUT2D eigenvalue weighted by molar-refractivity contribution is -0.465. The number of hydrogen-bond acceptors (Lipinski definition) is 3. The number of nitrogens with one attached hydrogen (secondary N) is 2. The molecule has 5 nitrogen and oxygen atoms in total. The van der Waals surface area contributed by atoms with Crippen molar-refractivity contribution in [3.05, 3.63) is 41.5 Å². The van der Waals surface area contributed by atoms with Crippen molar-refractivity contribution in [2.45, 2.75) is 27.2 Å². The van der Waals surface area contributed by atoms with Crippen LogP contribution in [-0.2, 0) is 0 Å². The van der Waals surface area contributed by atoms with Gasteiger partial charge in [-0.25, -0.2) is 0 Å². The number of H-pyrrole nitrogens is 1. The maximum Gasteiger partial charge on any atom is 0.250 e. The van der Waals surface area contributed by atoms with Gasteiger partial charge in [0.1, 0.15) is 22.7 Å². The number of aryl methyl sites for hydroxylation is 1. The number of nitrogens with zero attached hydrogens (tertiary/aromatic N) is 3. The highest BCUT2D eigenvalue weighted by atomic mass is 15.1. The molecule has 0 saturated heterocycles. The second kappa shape index (κ2) is 7.54. The van der Waals surface area contributed by atoms with Gasteiger partial charge < -0.3 is 10.2 Å². The van der Waals surface area contributed by atoms with Crippen molar-refractivity contribution >= 4 is 22.5 Å². The van der Waals surface area contributed by atoms with Crippen LogP contribution in [0, 0.1) is 18.3 Å². The van der Waals surface area contributed by atoms with Crippen molar-refractivity contribution in [1.82, 2.24) is 9.88 Å². The minimum absolute atomic E-state index is 0.699. The first-order valence-electron chi connectivity index (χ1n) is 9.02. The zero-order valence-corrected chi connectivity index (χ0v) is 15.3. The molecule has 0 atom stereocenters. The van der Waals surface area contributed by atoms with Gasteiger partial charge in [-0.1, -0.05) is 26.0 Å². The second-order valence-electron chi connectivity index (χ2n) is 6.33. The fourth-order valence-electron chi connectivity index (χ4n) is 3.36.